The van der Waals surface area contributed by atoms with Gasteiger partial charge in [0, 0.05) is 32.5 Å². The highest BCUT2D eigenvalue weighted by Crippen LogP contribution is 2.33. The smallest absolute Gasteiger partial charge is 0.273 e. The third-order valence-corrected chi connectivity index (χ3v) is 6.32. The van der Waals surface area contributed by atoms with E-state index in [9.17, 15) is 23.2 Å². The molecule has 224 valence electrons. The van der Waals surface area contributed by atoms with Crippen molar-refractivity contribution < 1.29 is 28.6 Å². The van der Waals surface area contributed by atoms with E-state index in [0.29, 0.717) is 25.7 Å². The van der Waals surface area contributed by atoms with Gasteiger partial charge in [-0.25, -0.2) is 8.78 Å². The van der Waals surface area contributed by atoms with Gasteiger partial charge in [-0.05, 0) is 31.9 Å². The number of nitrogens with zero attached hydrogens (tertiary/aromatic N) is 2. The van der Waals surface area contributed by atoms with Crippen molar-refractivity contribution in [3.05, 3.63) is 35.9 Å². The molecule has 0 radical (unpaired) electrons. The van der Waals surface area contributed by atoms with Crippen LogP contribution in [0.5, 0.6) is 0 Å². The molecule has 0 unspecified atom stereocenters. The van der Waals surface area contributed by atoms with Crippen LogP contribution in [0.3, 0.4) is 0 Å². The maximum Gasteiger partial charge on any atom is 0.273 e. The van der Waals surface area contributed by atoms with E-state index < -0.39 is 36.2 Å². The van der Waals surface area contributed by atoms with E-state index in [1.165, 1.54) is 9.80 Å². The van der Waals surface area contributed by atoms with Gasteiger partial charge >= 0.3 is 0 Å². The summed E-state index contributed by atoms with van der Waals surface area (Å²) in [5, 5.41) is 14.0. The molecule has 2 amide bonds. The first-order valence-corrected chi connectivity index (χ1v) is 12.4. The predicted molar refractivity (Wildman–Crippen MR) is 152 cm³/mol. The molecule has 0 spiro atoms. The fraction of sp³-hybridized carbons (Fsp3) is 0.600. The molecule has 14 heteroatoms. The average Bonchev–Trinajstić information content (AvgIpc) is 3.15. The molecule has 1 aromatic carbocycles. The number of rotatable bonds is 14. The first-order chi connectivity index (χ1) is 17.1. The van der Waals surface area contributed by atoms with E-state index in [4.69, 9.17) is 11.1 Å². The van der Waals surface area contributed by atoms with Crippen molar-refractivity contribution in [1.29, 1.82) is 5.41 Å². The van der Waals surface area contributed by atoms with Gasteiger partial charge in [0.2, 0.25) is 11.8 Å². The highest BCUT2D eigenvalue weighted by Gasteiger charge is 2.51. The van der Waals surface area contributed by atoms with Crippen LogP contribution in [0, 0.1) is 5.41 Å². The number of carbonyl (C=O) groups is 3. The number of guanidine groups is 1. The maximum atomic E-state index is 14.0. The van der Waals surface area contributed by atoms with Gasteiger partial charge in [0.05, 0.1) is 12.6 Å². The molecule has 39 heavy (non-hydrogen) atoms. The number of hydrogen-bond acceptors (Lipinski definition) is 6. The Morgan fingerprint density at radius 3 is 2.41 bits per heavy atom. The Hall–Kier alpha value is -2.38. The number of alkyl halides is 2. The quantitative estimate of drug-likeness (QED) is 0.187. The number of amides is 2. The number of nitrogens with one attached hydrogen (secondary N) is 3. The molecular formula is C25H42Cl2F2N6O4. The summed E-state index contributed by atoms with van der Waals surface area (Å²) in [7, 11) is 1.66. The summed E-state index contributed by atoms with van der Waals surface area (Å²) in [6.45, 7) is 2.26. The number of unbranched alkanes of at least 4 members (excludes halogenated alkanes) is 1. The number of likely N-dealkylation sites (N-methyl/N-ethyl adjacent to an activating group) is 1. The summed E-state index contributed by atoms with van der Waals surface area (Å²) < 4.78 is 28.1. The minimum atomic E-state index is -3.18. The first kappa shape index (κ1) is 38.8. The number of nitrogens with two attached hydrogens (primary N) is 1. The fourth-order valence-corrected chi connectivity index (χ4v) is 4.31. The molecule has 0 aliphatic carbocycles. The molecule has 0 bridgehead atoms. The van der Waals surface area contributed by atoms with E-state index in [2.05, 4.69) is 10.6 Å². The Morgan fingerprint density at radius 2 is 1.85 bits per heavy atom. The molecule has 1 saturated heterocycles. The predicted octanol–water partition coefficient (Wildman–Crippen LogP) is 1.53. The Kier molecular flexibility index (Phi) is 18.7. The molecule has 10 nitrogen and oxygen atoms in total. The zero-order valence-electron chi connectivity index (χ0n) is 22.4. The van der Waals surface area contributed by atoms with Crippen LogP contribution in [0.2, 0.25) is 0 Å². The molecule has 1 fully saturated rings. The van der Waals surface area contributed by atoms with Crippen molar-refractivity contribution in [2.45, 2.75) is 63.5 Å². The summed E-state index contributed by atoms with van der Waals surface area (Å²) >= 11 is 0. The molecule has 1 aliphatic heterocycles. The molecule has 1 aliphatic rings. The highest BCUT2D eigenvalue weighted by atomic mass is 35.5. The molecule has 2 rings (SSSR count). The van der Waals surface area contributed by atoms with E-state index in [1.54, 1.807) is 7.05 Å². The second-order valence-electron chi connectivity index (χ2n) is 9.14. The van der Waals surface area contributed by atoms with Gasteiger partial charge in [-0.1, -0.05) is 43.7 Å². The normalized spacial score (nSPS) is 16.6. The topological polar surface area (TPSA) is 163 Å². The second-order valence-corrected chi connectivity index (χ2v) is 9.14. The Morgan fingerprint density at radius 1 is 1.21 bits per heavy atom. The van der Waals surface area contributed by atoms with Crippen LogP contribution in [0.4, 0.5) is 8.78 Å². The van der Waals surface area contributed by atoms with Gasteiger partial charge in [0.15, 0.2) is 17.8 Å². The van der Waals surface area contributed by atoms with Crippen molar-refractivity contribution in [3.8, 4) is 0 Å². The van der Waals surface area contributed by atoms with Gasteiger partial charge in [0.25, 0.3) is 5.92 Å². The standard InChI is InChI=1S/C25H38F2N6O3.2ClH.H2O/c1-3-4-11-19(34)17-33(14-8-13-32-15-12-25(26,27)21(32)22(28)35)24(29)31-23(36)20(30-2)16-18-9-6-5-7-10-18;;;/h5-7,9-10,20-21,30H,3-4,8,11-17H2,1-2H3,(H2,28,35)(H2,29,31,36);2*1H;1H2/t20-,21-;;;/m1.../s1. The number of likely N-dealkylation sites (tertiary alicyclic amines) is 1. The number of hydrogen-bond donors (Lipinski definition) is 4. The largest absolute Gasteiger partial charge is 0.412 e. The number of primary amides is 1. The van der Waals surface area contributed by atoms with E-state index in [1.807, 2.05) is 37.3 Å². The van der Waals surface area contributed by atoms with Crippen molar-refractivity contribution >= 4 is 48.4 Å². The van der Waals surface area contributed by atoms with E-state index in [0.717, 1.165) is 12.0 Å². The van der Waals surface area contributed by atoms with Crippen molar-refractivity contribution in [2.24, 2.45) is 5.73 Å². The summed E-state index contributed by atoms with van der Waals surface area (Å²) in [5.74, 6) is -4.96. The Labute approximate surface area is 241 Å². The van der Waals surface area contributed by atoms with Crippen molar-refractivity contribution in [3.63, 3.8) is 0 Å². The van der Waals surface area contributed by atoms with Gasteiger partial charge in [0.1, 0.15) is 0 Å². The number of carbonyl (C=O) groups excluding carboxylic acids is 3. The molecule has 1 aromatic rings. The summed E-state index contributed by atoms with van der Waals surface area (Å²) in [6.07, 6.45) is 2.19. The second kappa shape index (κ2) is 18.8. The lowest BCUT2D eigenvalue weighted by Gasteiger charge is -2.28. The first-order valence-electron chi connectivity index (χ1n) is 12.4. The lowest BCUT2D eigenvalue weighted by molar-refractivity contribution is -0.132. The van der Waals surface area contributed by atoms with Gasteiger partial charge in [-0.3, -0.25) is 30.0 Å². The molecular weight excluding hydrogens is 557 g/mol. The van der Waals surface area contributed by atoms with Crippen LogP contribution in [0.1, 0.15) is 44.6 Å². The lowest BCUT2D eigenvalue weighted by atomic mass is 10.1. The molecule has 2 atom stereocenters. The zero-order chi connectivity index (χ0) is 26.7. The molecule has 1 heterocycles. The zero-order valence-corrected chi connectivity index (χ0v) is 24.0. The summed E-state index contributed by atoms with van der Waals surface area (Å²) in [5.41, 5.74) is 6.16. The highest BCUT2D eigenvalue weighted by molar-refractivity contribution is 5.99. The minimum Gasteiger partial charge on any atom is -0.412 e. The number of Topliss-reactive ketones (excluding diaryl/α,β-unsaturated/α-hetero) is 1. The van der Waals surface area contributed by atoms with Gasteiger partial charge in [-0.2, -0.15) is 0 Å². The number of halogens is 4. The minimum absolute atomic E-state index is 0. The average molecular weight is 600 g/mol. The van der Waals surface area contributed by atoms with Crippen LogP contribution in [0.25, 0.3) is 0 Å². The van der Waals surface area contributed by atoms with Crippen LogP contribution in [-0.4, -0.2) is 90.1 Å². The number of ketones is 1. The SMILES string of the molecule is CCCCC(=O)CN(CCCN1CCC(F)(F)[C@H]1C(N)=O)C(=N)NC(=O)[C@@H](Cc1ccccc1)NC.Cl.Cl.O. The Bertz CT molecular complexity index is 914. The van der Waals surface area contributed by atoms with E-state index >= 15 is 0 Å². The molecule has 7 N–H and O–H groups in total. The lowest BCUT2D eigenvalue weighted by Crippen LogP contribution is -2.52. The van der Waals surface area contributed by atoms with Crippen LogP contribution in [-0.2, 0) is 20.8 Å². The van der Waals surface area contributed by atoms with Crippen LogP contribution < -0.4 is 16.4 Å². The third kappa shape index (κ3) is 12.1. The van der Waals surface area contributed by atoms with Crippen LogP contribution in [0.15, 0.2) is 30.3 Å². The van der Waals surface area contributed by atoms with Crippen molar-refractivity contribution in [1.82, 2.24) is 20.4 Å². The fourth-order valence-electron chi connectivity index (χ4n) is 4.31. The van der Waals surface area contributed by atoms with E-state index in [-0.39, 0.29) is 68.2 Å². The molecule has 0 saturated carbocycles. The Balaban J connectivity index is 0. The monoisotopic (exact) mass is 598 g/mol. The maximum absolute atomic E-state index is 14.0. The van der Waals surface area contributed by atoms with Crippen LogP contribution >= 0.6 is 24.8 Å². The van der Waals surface area contributed by atoms with Gasteiger partial charge in [-0.15, -0.1) is 24.8 Å². The third-order valence-electron chi connectivity index (χ3n) is 6.32. The number of benzene rings is 1. The molecule has 0 aromatic heterocycles. The van der Waals surface area contributed by atoms with Gasteiger partial charge < -0.3 is 21.4 Å². The summed E-state index contributed by atoms with van der Waals surface area (Å²) in [4.78, 5) is 39.7. The summed E-state index contributed by atoms with van der Waals surface area (Å²) in [6, 6.07) is 7.20. The van der Waals surface area contributed by atoms with Crippen molar-refractivity contribution in [2.75, 3.05) is 33.2 Å².